The Morgan fingerprint density at radius 3 is 2.94 bits per heavy atom. The molecule has 0 aliphatic carbocycles. The van der Waals surface area contributed by atoms with Crippen molar-refractivity contribution < 1.29 is 4.74 Å². The molecule has 0 unspecified atom stereocenters. The lowest BCUT2D eigenvalue weighted by atomic mass is 10.1. The molecule has 1 N–H and O–H groups in total. The third-order valence-corrected chi connectivity index (χ3v) is 3.43. The molecule has 0 bridgehead atoms. The minimum Gasteiger partial charge on any atom is -0.487 e. The quantitative estimate of drug-likeness (QED) is 0.903. The Hall–Kier alpha value is -1.67. The maximum absolute atomic E-state index is 6.05. The van der Waals surface area contributed by atoms with E-state index in [0.29, 0.717) is 11.6 Å². The Bertz CT molecular complexity index is 568. The molecule has 2 aromatic rings. The number of hydrogen-bond donors (Lipinski definition) is 1. The van der Waals surface area contributed by atoms with Crippen LogP contribution in [0.2, 0.25) is 5.02 Å². The van der Waals surface area contributed by atoms with Crippen LogP contribution in [0.3, 0.4) is 0 Å². The molecule has 0 spiro atoms. The lowest BCUT2D eigenvalue weighted by molar-refractivity contribution is 0.306. The standard InChI is InChI=1S/C15H14ClNO/c16-13-3-1-2-4-15(13)18-10-11-5-6-12-7-8-17-14(12)9-11/h1-6,9,17H,7-8,10H2. The van der Waals surface area contributed by atoms with Gasteiger partial charge >= 0.3 is 0 Å². The van der Waals surface area contributed by atoms with E-state index in [9.17, 15) is 0 Å². The number of anilines is 1. The third-order valence-electron chi connectivity index (χ3n) is 3.12. The van der Waals surface area contributed by atoms with Gasteiger partial charge in [-0.15, -0.1) is 0 Å². The van der Waals surface area contributed by atoms with E-state index in [1.165, 1.54) is 11.3 Å². The molecule has 3 heteroatoms. The normalized spacial score (nSPS) is 12.9. The second-order valence-electron chi connectivity index (χ2n) is 4.39. The van der Waals surface area contributed by atoms with E-state index in [2.05, 4.69) is 23.5 Å². The van der Waals surface area contributed by atoms with E-state index in [0.717, 1.165) is 24.3 Å². The average molecular weight is 260 g/mol. The van der Waals surface area contributed by atoms with Crippen LogP contribution >= 0.6 is 11.6 Å². The molecule has 92 valence electrons. The zero-order valence-electron chi connectivity index (χ0n) is 9.95. The number of nitrogens with one attached hydrogen (secondary N) is 1. The summed E-state index contributed by atoms with van der Waals surface area (Å²) in [5.41, 5.74) is 3.77. The number of ether oxygens (including phenoxy) is 1. The van der Waals surface area contributed by atoms with Gasteiger partial charge < -0.3 is 10.1 Å². The van der Waals surface area contributed by atoms with Gasteiger partial charge in [0, 0.05) is 12.2 Å². The minimum absolute atomic E-state index is 0.540. The van der Waals surface area contributed by atoms with Gasteiger partial charge in [-0.3, -0.25) is 0 Å². The van der Waals surface area contributed by atoms with Gasteiger partial charge in [-0.2, -0.15) is 0 Å². The van der Waals surface area contributed by atoms with Crippen LogP contribution in [-0.4, -0.2) is 6.54 Å². The van der Waals surface area contributed by atoms with Gasteiger partial charge in [0.15, 0.2) is 0 Å². The first kappa shape index (κ1) is 11.4. The van der Waals surface area contributed by atoms with Crippen molar-refractivity contribution in [3.05, 3.63) is 58.6 Å². The SMILES string of the molecule is Clc1ccccc1OCc1ccc2c(c1)NCC2. The number of rotatable bonds is 3. The summed E-state index contributed by atoms with van der Waals surface area (Å²) >= 11 is 6.05. The predicted molar refractivity (Wildman–Crippen MR) is 74.4 cm³/mol. The Kier molecular flexibility index (Phi) is 3.11. The Morgan fingerprint density at radius 2 is 2.06 bits per heavy atom. The van der Waals surface area contributed by atoms with Crippen LogP contribution in [0.1, 0.15) is 11.1 Å². The molecule has 0 atom stereocenters. The monoisotopic (exact) mass is 259 g/mol. The van der Waals surface area contributed by atoms with Crippen molar-refractivity contribution in [1.29, 1.82) is 0 Å². The van der Waals surface area contributed by atoms with Gasteiger partial charge in [0.25, 0.3) is 0 Å². The highest BCUT2D eigenvalue weighted by atomic mass is 35.5. The fraction of sp³-hybridized carbons (Fsp3) is 0.200. The highest BCUT2D eigenvalue weighted by Crippen LogP contribution is 2.26. The van der Waals surface area contributed by atoms with Gasteiger partial charge in [0.05, 0.1) is 5.02 Å². The molecule has 1 aliphatic heterocycles. The first-order chi connectivity index (χ1) is 8.83. The highest BCUT2D eigenvalue weighted by molar-refractivity contribution is 6.32. The Morgan fingerprint density at radius 1 is 1.17 bits per heavy atom. The molecule has 0 radical (unpaired) electrons. The fourth-order valence-corrected chi connectivity index (χ4v) is 2.34. The predicted octanol–water partition coefficient (Wildman–Crippen LogP) is 3.89. The molecule has 0 saturated heterocycles. The maximum Gasteiger partial charge on any atom is 0.138 e. The molecule has 0 aromatic heterocycles. The van der Waals surface area contributed by atoms with E-state index in [-0.39, 0.29) is 0 Å². The number of hydrogen-bond acceptors (Lipinski definition) is 2. The Labute approximate surface area is 112 Å². The molecule has 3 rings (SSSR count). The van der Waals surface area contributed by atoms with E-state index in [1.54, 1.807) is 0 Å². The van der Waals surface area contributed by atoms with Crippen molar-refractivity contribution in [3.8, 4) is 5.75 Å². The summed E-state index contributed by atoms with van der Waals surface area (Å²) in [6.07, 6.45) is 1.11. The van der Waals surface area contributed by atoms with Crippen LogP contribution in [0.5, 0.6) is 5.75 Å². The van der Waals surface area contributed by atoms with Gasteiger partial charge in [-0.1, -0.05) is 35.9 Å². The number of benzene rings is 2. The van der Waals surface area contributed by atoms with Crippen molar-refractivity contribution in [2.45, 2.75) is 13.0 Å². The third kappa shape index (κ3) is 2.29. The summed E-state index contributed by atoms with van der Waals surface area (Å²) in [5.74, 6) is 0.729. The summed E-state index contributed by atoms with van der Waals surface area (Å²) in [5, 5.41) is 4.02. The smallest absolute Gasteiger partial charge is 0.138 e. The maximum atomic E-state index is 6.05. The molecule has 18 heavy (non-hydrogen) atoms. The number of para-hydroxylation sites is 1. The zero-order valence-corrected chi connectivity index (χ0v) is 10.7. The summed E-state index contributed by atoms with van der Waals surface area (Å²) in [7, 11) is 0. The lowest BCUT2D eigenvalue weighted by Crippen LogP contribution is -1.97. The van der Waals surface area contributed by atoms with Gasteiger partial charge in [0.2, 0.25) is 0 Å². The van der Waals surface area contributed by atoms with Crippen LogP contribution in [0.15, 0.2) is 42.5 Å². The highest BCUT2D eigenvalue weighted by Gasteiger charge is 2.10. The van der Waals surface area contributed by atoms with Crippen LogP contribution in [0.4, 0.5) is 5.69 Å². The van der Waals surface area contributed by atoms with E-state index in [4.69, 9.17) is 16.3 Å². The second kappa shape index (κ2) is 4.91. The topological polar surface area (TPSA) is 21.3 Å². The summed E-state index contributed by atoms with van der Waals surface area (Å²) in [6.45, 7) is 1.57. The second-order valence-corrected chi connectivity index (χ2v) is 4.79. The van der Waals surface area contributed by atoms with Crippen LogP contribution < -0.4 is 10.1 Å². The van der Waals surface area contributed by atoms with Crippen molar-refractivity contribution in [1.82, 2.24) is 0 Å². The van der Waals surface area contributed by atoms with Crippen LogP contribution in [0, 0.1) is 0 Å². The van der Waals surface area contributed by atoms with Gasteiger partial charge in [-0.05, 0) is 35.7 Å². The Balaban J connectivity index is 1.72. The van der Waals surface area contributed by atoms with E-state index in [1.807, 2.05) is 24.3 Å². The molecule has 0 fully saturated rings. The number of fused-ring (bicyclic) bond motifs is 1. The largest absolute Gasteiger partial charge is 0.487 e. The lowest BCUT2D eigenvalue weighted by Gasteiger charge is -2.09. The molecular weight excluding hydrogens is 246 g/mol. The molecule has 1 aliphatic rings. The molecule has 1 heterocycles. The van der Waals surface area contributed by atoms with Crippen LogP contribution in [-0.2, 0) is 13.0 Å². The van der Waals surface area contributed by atoms with Gasteiger partial charge in [0.1, 0.15) is 12.4 Å². The van der Waals surface area contributed by atoms with Gasteiger partial charge in [-0.25, -0.2) is 0 Å². The van der Waals surface area contributed by atoms with E-state index >= 15 is 0 Å². The van der Waals surface area contributed by atoms with Crippen molar-refractivity contribution in [3.63, 3.8) is 0 Å². The van der Waals surface area contributed by atoms with Crippen molar-refractivity contribution in [2.24, 2.45) is 0 Å². The first-order valence-corrected chi connectivity index (χ1v) is 6.44. The van der Waals surface area contributed by atoms with Crippen LogP contribution in [0.25, 0.3) is 0 Å². The van der Waals surface area contributed by atoms with Crippen molar-refractivity contribution >= 4 is 17.3 Å². The molecular formula is C15H14ClNO. The van der Waals surface area contributed by atoms with Crippen molar-refractivity contribution in [2.75, 3.05) is 11.9 Å². The average Bonchev–Trinajstić information content (AvgIpc) is 2.85. The molecule has 0 amide bonds. The first-order valence-electron chi connectivity index (χ1n) is 6.06. The summed E-state index contributed by atoms with van der Waals surface area (Å²) in [4.78, 5) is 0. The molecule has 0 saturated carbocycles. The number of halogens is 1. The fourth-order valence-electron chi connectivity index (χ4n) is 2.15. The summed E-state index contributed by atoms with van der Waals surface area (Å²) < 4.78 is 5.72. The summed E-state index contributed by atoms with van der Waals surface area (Å²) in [6, 6.07) is 14.0. The van der Waals surface area contributed by atoms with E-state index < -0.39 is 0 Å². The minimum atomic E-state index is 0.540. The zero-order chi connectivity index (χ0) is 12.4. The molecule has 2 nitrogen and oxygen atoms in total. The molecule has 2 aromatic carbocycles.